The minimum atomic E-state index is -0.0821. The molecule has 0 aromatic carbocycles. The van der Waals surface area contributed by atoms with Gasteiger partial charge in [-0.15, -0.1) is 0 Å². The highest BCUT2D eigenvalue weighted by molar-refractivity contribution is 5.68. The Kier molecular flexibility index (Phi) is 17.1. The fourth-order valence-corrected chi connectivity index (χ4v) is 2.36. The predicted octanol–water partition coefficient (Wildman–Crippen LogP) is 6.36. The van der Waals surface area contributed by atoms with Gasteiger partial charge in [-0.1, -0.05) is 69.8 Å². The van der Waals surface area contributed by atoms with Gasteiger partial charge < -0.3 is 4.74 Å². The van der Waals surface area contributed by atoms with Gasteiger partial charge in [0.1, 0.15) is 0 Å². The second kappa shape index (κ2) is 18.0. The molecule has 0 rings (SSSR count). The summed E-state index contributed by atoms with van der Waals surface area (Å²) in [6.07, 6.45) is 24.5. The first kappa shape index (κ1) is 20.9. The summed E-state index contributed by atoms with van der Waals surface area (Å²) >= 11 is 0. The zero-order chi connectivity index (χ0) is 16.3. The summed E-state index contributed by atoms with van der Waals surface area (Å²) in [5, 5.41) is 0. The van der Waals surface area contributed by atoms with Crippen molar-refractivity contribution in [1.29, 1.82) is 0 Å². The number of rotatable bonds is 15. The molecule has 0 atom stereocenters. The van der Waals surface area contributed by atoms with Crippen LogP contribution in [0, 0.1) is 0 Å². The fraction of sp³-hybridized carbons (Fsp3) is 0.750. The summed E-state index contributed by atoms with van der Waals surface area (Å²) in [6.45, 7) is 2.25. The Morgan fingerprint density at radius 2 is 1.32 bits per heavy atom. The first-order valence-corrected chi connectivity index (χ1v) is 9.18. The minimum Gasteiger partial charge on any atom is -0.469 e. The van der Waals surface area contributed by atoms with E-state index in [4.69, 9.17) is 0 Å². The lowest BCUT2D eigenvalue weighted by atomic mass is 10.1. The molecule has 0 saturated carbocycles. The van der Waals surface area contributed by atoms with Crippen molar-refractivity contribution in [3.63, 3.8) is 0 Å². The zero-order valence-electron chi connectivity index (χ0n) is 14.8. The Morgan fingerprint density at radius 3 is 1.91 bits per heavy atom. The number of carbonyl (C=O) groups is 1. The smallest absolute Gasteiger partial charge is 0.305 e. The van der Waals surface area contributed by atoms with Gasteiger partial charge in [-0.25, -0.2) is 0 Å². The molecule has 22 heavy (non-hydrogen) atoms. The van der Waals surface area contributed by atoms with Crippen molar-refractivity contribution in [2.24, 2.45) is 0 Å². The third kappa shape index (κ3) is 17.0. The monoisotopic (exact) mass is 308 g/mol. The molecule has 0 aliphatic rings. The lowest BCUT2D eigenvalue weighted by molar-refractivity contribution is -0.140. The van der Waals surface area contributed by atoms with Crippen molar-refractivity contribution in [2.45, 2.75) is 90.4 Å². The van der Waals surface area contributed by atoms with Crippen molar-refractivity contribution < 1.29 is 9.53 Å². The number of ether oxygens (including phenoxy) is 1. The topological polar surface area (TPSA) is 26.3 Å². The summed E-state index contributed by atoms with van der Waals surface area (Å²) in [6, 6.07) is 0. The second-order valence-corrected chi connectivity index (χ2v) is 5.91. The molecule has 128 valence electrons. The Bertz CT molecular complexity index is 292. The minimum absolute atomic E-state index is 0.0821. The summed E-state index contributed by atoms with van der Waals surface area (Å²) in [4.78, 5) is 10.9. The fourth-order valence-electron chi connectivity index (χ4n) is 2.36. The van der Waals surface area contributed by atoms with E-state index in [2.05, 4.69) is 36.0 Å². The van der Waals surface area contributed by atoms with E-state index in [1.54, 1.807) is 0 Å². The van der Waals surface area contributed by atoms with Gasteiger partial charge in [0.2, 0.25) is 0 Å². The highest BCUT2D eigenvalue weighted by Crippen LogP contribution is 2.08. The van der Waals surface area contributed by atoms with E-state index in [0.29, 0.717) is 6.42 Å². The average Bonchev–Trinajstić information content (AvgIpc) is 2.54. The van der Waals surface area contributed by atoms with Crippen LogP contribution in [0.1, 0.15) is 90.4 Å². The van der Waals surface area contributed by atoms with Crippen LogP contribution in [0.25, 0.3) is 0 Å². The number of hydrogen-bond donors (Lipinski definition) is 0. The third-order valence-corrected chi connectivity index (χ3v) is 3.81. The van der Waals surface area contributed by atoms with Crippen molar-refractivity contribution in [1.82, 2.24) is 0 Å². The summed E-state index contributed by atoms with van der Waals surface area (Å²) in [5.74, 6) is -0.0821. The van der Waals surface area contributed by atoms with Crippen LogP contribution in [0.5, 0.6) is 0 Å². The van der Waals surface area contributed by atoms with Gasteiger partial charge in [-0.3, -0.25) is 4.79 Å². The number of unbranched alkanes of at least 4 members (excludes halogenated alkanes) is 9. The highest BCUT2D eigenvalue weighted by Gasteiger charge is 1.98. The van der Waals surface area contributed by atoms with Crippen molar-refractivity contribution in [3.8, 4) is 0 Å². The first-order valence-electron chi connectivity index (χ1n) is 9.18. The van der Waals surface area contributed by atoms with Crippen LogP contribution in [0.2, 0.25) is 0 Å². The van der Waals surface area contributed by atoms with E-state index < -0.39 is 0 Å². The highest BCUT2D eigenvalue weighted by atomic mass is 16.5. The first-order chi connectivity index (χ1) is 10.8. The van der Waals surface area contributed by atoms with E-state index in [-0.39, 0.29) is 5.97 Å². The number of allylic oxidation sites excluding steroid dienone is 4. The van der Waals surface area contributed by atoms with Crippen molar-refractivity contribution >= 4 is 5.97 Å². The number of hydrogen-bond acceptors (Lipinski definition) is 2. The summed E-state index contributed by atoms with van der Waals surface area (Å²) in [5.41, 5.74) is 0. The number of carbonyl (C=O) groups excluding carboxylic acids is 1. The molecule has 2 nitrogen and oxygen atoms in total. The predicted molar refractivity (Wildman–Crippen MR) is 96.0 cm³/mol. The van der Waals surface area contributed by atoms with Gasteiger partial charge in [0.25, 0.3) is 0 Å². The molecule has 0 aromatic rings. The van der Waals surface area contributed by atoms with E-state index in [1.807, 2.05) is 0 Å². The molecule has 0 aliphatic carbocycles. The van der Waals surface area contributed by atoms with Crippen LogP contribution in [0.15, 0.2) is 24.3 Å². The largest absolute Gasteiger partial charge is 0.469 e. The van der Waals surface area contributed by atoms with Crippen molar-refractivity contribution in [3.05, 3.63) is 24.3 Å². The maximum Gasteiger partial charge on any atom is 0.305 e. The summed E-state index contributed by atoms with van der Waals surface area (Å²) < 4.78 is 4.62. The van der Waals surface area contributed by atoms with Crippen molar-refractivity contribution in [2.75, 3.05) is 7.11 Å². The third-order valence-electron chi connectivity index (χ3n) is 3.81. The van der Waals surface area contributed by atoms with Crippen LogP contribution in [-0.4, -0.2) is 13.1 Å². The maximum atomic E-state index is 10.9. The summed E-state index contributed by atoms with van der Waals surface area (Å²) in [7, 11) is 1.45. The van der Waals surface area contributed by atoms with Crippen LogP contribution in [-0.2, 0) is 9.53 Å². The molecular weight excluding hydrogens is 272 g/mol. The Morgan fingerprint density at radius 1 is 0.773 bits per heavy atom. The molecule has 0 amide bonds. The molecule has 0 bridgehead atoms. The Labute approximate surface area is 138 Å². The average molecular weight is 309 g/mol. The maximum absolute atomic E-state index is 10.9. The standard InChI is InChI=1S/C20H36O2/c1-3-4-5-6-7-8-9-10-11-12-13-14-15-16-17-18-19-20(21)22-2/h8-9,11-12H,3-7,10,13-19H2,1-2H3/b9-8-,12-11-. The van der Waals surface area contributed by atoms with Gasteiger partial charge >= 0.3 is 5.97 Å². The zero-order valence-corrected chi connectivity index (χ0v) is 14.8. The van der Waals surface area contributed by atoms with Crippen LogP contribution >= 0.6 is 0 Å². The van der Waals surface area contributed by atoms with Gasteiger partial charge in [-0.05, 0) is 38.5 Å². The van der Waals surface area contributed by atoms with Gasteiger partial charge in [-0.2, -0.15) is 0 Å². The number of methoxy groups -OCH3 is 1. The van der Waals surface area contributed by atoms with E-state index in [0.717, 1.165) is 19.3 Å². The van der Waals surface area contributed by atoms with Crippen LogP contribution in [0.3, 0.4) is 0 Å². The van der Waals surface area contributed by atoms with Crippen LogP contribution in [0.4, 0.5) is 0 Å². The van der Waals surface area contributed by atoms with Crippen LogP contribution < -0.4 is 0 Å². The molecule has 0 aliphatic heterocycles. The molecule has 0 fully saturated rings. The van der Waals surface area contributed by atoms with E-state index in [9.17, 15) is 4.79 Å². The van der Waals surface area contributed by atoms with E-state index >= 15 is 0 Å². The molecule has 0 aromatic heterocycles. The van der Waals surface area contributed by atoms with E-state index in [1.165, 1.54) is 64.9 Å². The quantitative estimate of drug-likeness (QED) is 0.200. The molecule has 0 N–H and O–H groups in total. The molecule has 0 heterocycles. The molecule has 0 radical (unpaired) electrons. The molecule has 0 spiro atoms. The Balaban J connectivity index is 3.20. The lowest BCUT2D eigenvalue weighted by Crippen LogP contribution is -1.98. The van der Waals surface area contributed by atoms with Gasteiger partial charge in [0, 0.05) is 6.42 Å². The molecule has 0 unspecified atom stereocenters. The second-order valence-electron chi connectivity index (χ2n) is 5.91. The van der Waals surface area contributed by atoms with Gasteiger partial charge in [0.15, 0.2) is 0 Å². The van der Waals surface area contributed by atoms with Gasteiger partial charge in [0.05, 0.1) is 7.11 Å². The Hall–Kier alpha value is -1.05. The normalized spacial score (nSPS) is 11.5. The SMILES string of the molecule is CCCCCC/C=C\C/C=C\CCCCCCCC(=O)OC. The number of esters is 1. The molecular formula is C20H36O2. The molecule has 0 saturated heterocycles. The lowest BCUT2D eigenvalue weighted by Gasteiger charge is -1.99. The molecule has 2 heteroatoms.